The molecule has 5 N–H and O–H groups in total. The van der Waals surface area contributed by atoms with Crippen molar-refractivity contribution in [2.24, 2.45) is 22.4 Å². The molecule has 5 nitrogen and oxygen atoms in total. The van der Waals surface area contributed by atoms with Crippen molar-refractivity contribution in [3.63, 3.8) is 0 Å². The van der Waals surface area contributed by atoms with E-state index in [1.807, 2.05) is 19.9 Å². The van der Waals surface area contributed by atoms with E-state index in [-0.39, 0.29) is 12.0 Å². The van der Waals surface area contributed by atoms with Gasteiger partial charge < -0.3 is 16.6 Å². The minimum absolute atomic E-state index is 0.217. The molecule has 1 aliphatic heterocycles. The Morgan fingerprint density at radius 1 is 1.33 bits per heavy atom. The number of aliphatic hydroxyl groups excluding tert-OH is 1. The zero-order valence-corrected chi connectivity index (χ0v) is 15.5. The second kappa shape index (κ2) is 8.55. The van der Waals surface area contributed by atoms with Crippen molar-refractivity contribution in [2.75, 3.05) is 7.05 Å². The minimum atomic E-state index is -0.235. The smallest absolute Gasteiger partial charge is 0.125 e. The van der Waals surface area contributed by atoms with Crippen LogP contribution in [0.15, 0.2) is 39.9 Å². The number of aliphatic hydroxyl groups is 1. The zero-order valence-electron chi connectivity index (χ0n) is 14.7. The van der Waals surface area contributed by atoms with E-state index < -0.39 is 0 Å². The summed E-state index contributed by atoms with van der Waals surface area (Å²) in [6, 6.07) is 6.12. The van der Waals surface area contributed by atoms with Crippen LogP contribution < -0.4 is 11.5 Å². The molecule has 3 rings (SSSR count). The van der Waals surface area contributed by atoms with Gasteiger partial charge in [-0.1, -0.05) is 13.8 Å². The summed E-state index contributed by atoms with van der Waals surface area (Å²) in [7, 11) is 2.07. The first-order chi connectivity index (χ1) is 11.5. The van der Waals surface area contributed by atoms with Crippen molar-refractivity contribution in [3.05, 3.63) is 35.5 Å². The maximum atomic E-state index is 9.58. The largest absolute Gasteiger partial charge is 0.402 e. The first-order valence-electron chi connectivity index (χ1n) is 8.52. The topological polar surface area (TPSA) is 87.9 Å². The highest BCUT2D eigenvalue weighted by molar-refractivity contribution is 7.97. The molecule has 0 spiro atoms. The van der Waals surface area contributed by atoms with Crippen LogP contribution in [0.2, 0.25) is 0 Å². The minimum Gasteiger partial charge on any atom is -0.402 e. The van der Waals surface area contributed by atoms with Gasteiger partial charge in [-0.05, 0) is 68.1 Å². The van der Waals surface area contributed by atoms with Crippen molar-refractivity contribution in [3.8, 4) is 0 Å². The highest BCUT2D eigenvalue weighted by Gasteiger charge is 2.24. The van der Waals surface area contributed by atoms with Gasteiger partial charge in [0.1, 0.15) is 5.84 Å². The molecule has 1 aliphatic carbocycles. The third-order valence-corrected chi connectivity index (χ3v) is 5.18. The van der Waals surface area contributed by atoms with Crippen LogP contribution in [0.1, 0.15) is 38.7 Å². The average molecular weight is 349 g/mol. The quantitative estimate of drug-likeness (QED) is 0.444. The SMILES string of the molecule is CC.CN1Cc2cc(N=C(N)/C=C(\N)C3CCC(O)C3)ccc2S1. The number of benzene rings is 1. The lowest BCUT2D eigenvalue weighted by molar-refractivity contribution is 0.179. The molecule has 2 atom stereocenters. The lowest BCUT2D eigenvalue weighted by atomic mass is 10.0. The monoisotopic (exact) mass is 348 g/mol. The molecule has 6 heteroatoms. The number of aliphatic imine (C=N–C) groups is 1. The number of allylic oxidation sites excluding steroid dienone is 1. The summed E-state index contributed by atoms with van der Waals surface area (Å²) in [4.78, 5) is 5.71. The van der Waals surface area contributed by atoms with E-state index in [1.165, 1.54) is 10.5 Å². The Hall–Kier alpha value is -1.50. The van der Waals surface area contributed by atoms with Crippen LogP contribution in [-0.4, -0.2) is 28.4 Å². The normalized spacial score (nSPS) is 24.5. The van der Waals surface area contributed by atoms with Gasteiger partial charge in [-0.25, -0.2) is 9.30 Å². The summed E-state index contributed by atoms with van der Waals surface area (Å²) in [6.07, 6.45) is 3.95. The Kier molecular flexibility index (Phi) is 6.71. The average Bonchev–Trinajstić information content (AvgIpc) is 3.13. The highest BCUT2D eigenvalue weighted by atomic mass is 32.2. The van der Waals surface area contributed by atoms with Crippen LogP contribution in [0, 0.1) is 5.92 Å². The van der Waals surface area contributed by atoms with E-state index in [2.05, 4.69) is 28.5 Å². The molecule has 1 heterocycles. The molecule has 24 heavy (non-hydrogen) atoms. The van der Waals surface area contributed by atoms with E-state index in [0.29, 0.717) is 11.5 Å². The maximum Gasteiger partial charge on any atom is 0.125 e. The summed E-state index contributed by atoms with van der Waals surface area (Å²) in [5, 5.41) is 9.58. The molecular weight excluding hydrogens is 320 g/mol. The van der Waals surface area contributed by atoms with Crippen LogP contribution in [0.25, 0.3) is 0 Å². The predicted molar refractivity (Wildman–Crippen MR) is 102 cm³/mol. The molecule has 0 aromatic heterocycles. The van der Waals surface area contributed by atoms with Crippen molar-refractivity contribution in [1.29, 1.82) is 0 Å². The molecule has 1 aromatic carbocycles. The van der Waals surface area contributed by atoms with Gasteiger partial charge in [0.2, 0.25) is 0 Å². The van der Waals surface area contributed by atoms with Gasteiger partial charge in [0.25, 0.3) is 0 Å². The summed E-state index contributed by atoms with van der Waals surface area (Å²) in [5.41, 5.74) is 14.9. The van der Waals surface area contributed by atoms with E-state index in [9.17, 15) is 5.11 Å². The number of nitrogens with two attached hydrogens (primary N) is 2. The first kappa shape index (κ1) is 18.8. The standard InChI is InChI=1S/C16H22N4OS.C2H6/c1-20-9-11-6-12(3-5-15(11)22-20)19-16(18)8-14(17)10-2-4-13(21)7-10;1-2/h3,5-6,8,10,13,21H,2,4,7,9,17H2,1H3,(H2,18,19);1-2H3/b14-8-;. The van der Waals surface area contributed by atoms with Crippen LogP contribution in [0.5, 0.6) is 0 Å². The van der Waals surface area contributed by atoms with Crippen molar-refractivity contribution in [1.82, 2.24) is 4.31 Å². The molecule has 1 saturated carbocycles. The molecule has 0 amide bonds. The van der Waals surface area contributed by atoms with Gasteiger partial charge >= 0.3 is 0 Å². The Balaban J connectivity index is 0.00000100. The summed E-state index contributed by atoms with van der Waals surface area (Å²) in [5.74, 6) is 0.631. The van der Waals surface area contributed by atoms with Crippen molar-refractivity contribution in [2.45, 2.75) is 50.7 Å². The van der Waals surface area contributed by atoms with Gasteiger partial charge in [-0.2, -0.15) is 0 Å². The van der Waals surface area contributed by atoms with Gasteiger partial charge in [-0.15, -0.1) is 0 Å². The Morgan fingerprint density at radius 3 is 2.75 bits per heavy atom. The summed E-state index contributed by atoms with van der Waals surface area (Å²) >= 11 is 1.74. The van der Waals surface area contributed by atoms with Crippen LogP contribution >= 0.6 is 11.9 Å². The maximum absolute atomic E-state index is 9.58. The summed E-state index contributed by atoms with van der Waals surface area (Å²) in [6.45, 7) is 4.92. The molecule has 0 bridgehead atoms. The third kappa shape index (κ3) is 4.75. The first-order valence-corrected chi connectivity index (χ1v) is 9.30. The lowest BCUT2D eigenvalue weighted by Crippen LogP contribution is -2.16. The Labute approximate surface area is 149 Å². The Bertz CT molecular complexity index is 629. The number of nitrogens with zero attached hydrogens (tertiary/aromatic N) is 2. The van der Waals surface area contributed by atoms with E-state index in [1.54, 1.807) is 18.0 Å². The molecule has 2 unspecified atom stereocenters. The molecular formula is C18H28N4OS. The van der Waals surface area contributed by atoms with Gasteiger partial charge in [0.05, 0.1) is 11.8 Å². The molecule has 1 aromatic rings. The van der Waals surface area contributed by atoms with Gasteiger partial charge in [0.15, 0.2) is 0 Å². The fraction of sp³-hybridized carbons (Fsp3) is 0.500. The van der Waals surface area contributed by atoms with Crippen LogP contribution in [-0.2, 0) is 6.54 Å². The van der Waals surface area contributed by atoms with Gasteiger partial charge in [0, 0.05) is 23.1 Å². The van der Waals surface area contributed by atoms with E-state index >= 15 is 0 Å². The molecule has 0 saturated heterocycles. The molecule has 132 valence electrons. The third-order valence-electron chi connectivity index (χ3n) is 4.14. The fourth-order valence-electron chi connectivity index (χ4n) is 3.02. The zero-order chi connectivity index (χ0) is 17.7. The van der Waals surface area contributed by atoms with E-state index in [4.69, 9.17) is 11.5 Å². The van der Waals surface area contributed by atoms with Crippen LogP contribution in [0.4, 0.5) is 5.69 Å². The van der Waals surface area contributed by atoms with Crippen LogP contribution in [0.3, 0.4) is 0 Å². The Morgan fingerprint density at radius 2 is 2.08 bits per heavy atom. The fourth-order valence-corrected chi connectivity index (χ4v) is 3.93. The second-order valence-electron chi connectivity index (χ2n) is 6.01. The van der Waals surface area contributed by atoms with Crippen molar-refractivity contribution >= 4 is 23.5 Å². The highest BCUT2D eigenvalue weighted by Crippen LogP contribution is 2.36. The number of hydrogen-bond donors (Lipinski definition) is 3. The predicted octanol–water partition coefficient (Wildman–Crippen LogP) is 3.16. The molecule has 1 fully saturated rings. The van der Waals surface area contributed by atoms with Crippen molar-refractivity contribution < 1.29 is 5.11 Å². The van der Waals surface area contributed by atoms with Gasteiger partial charge in [-0.3, -0.25) is 0 Å². The number of rotatable bonds is 3. The molecule has 0 radical (unpaired) electrons. The lowest BCUT2D eigenvalue weighted by Gasteiger charge is -2.09. The number of hydrogen-bond acceptors (Lipinski definition) is 5. The second-order valence-corrected chi connectivity index (χ2v) is 7.26. The number of fused-ring (bicyclic) bond motifs is 1. The number of amidine groups is 1. The summed E-state index contributed by atoms with van der Waals surface area (Å²) < 4.78 is 2.19. The van der Waals surface area contributed by atoms with E-state index in [0.717, 1.165) is 31.5 Å². The molecule has 2 aliphatic rings.